The summed E-state index contributed by atoms with van der Waals surface area (Å²) in [6.07, 6.45) is 0.866. The van der Waals surface area contributed by atoms with E-state index in [9.17, 15) is 18.8 Å². The highest BCUT2D eigenvalue weighted by Crippen LogP contribution is 2.29. The van der Waals surface area contributed by atoms with Crippen LogP contribution in [0.1, 0.15) is 45.2 Å². The van der Waals surface area contributed by atoms with Crippen LogP contribution in [0.3, 0.4) is 0 Å². The van der Waals surface area contributed by atoms with Gasteiger partial charge < -0.3 is 10.6 Å². The van der Waals surface area contributed by atoms with Gasteiger partial charge in [-0.15, -0.1) is 0 Å². The van der Waals surface area contributed by atoms with Crippen molar-refractivity contribution in [1.82, 2.24) is 15.5 Å². The third-order valence-electron chi connectivity index (χ3n) is 4.64. The van der Waals surface area contributed by atoms with Crippen LogP contribution in [-0.2, 0) is 9.59 Å². The van der Waals surface area contributed by atoms with Crippen molar-refractivity contribution in [2.45, 2.75) is 45.2 Å². The molecule has 9 heteroatoms. The van der Waals surface area contributed by atoms with Gasteiger partial charge in [-0.3, -0.25) is 14.5 Å². The Balaban J connectivity index is 2.08. The van der Waals surface area contributed by atoms with E-state index in [1.54, 1.807) is 20.8 Å². The Bertz CT molecular complexity index is 753. The Morgan fingerprint density at radius 2 is 1.88 bits per heavy atom. The van der Waals surface area contributed by atoms with E-state index in [1.807, 2.05) is 0 Å². The van der Waals surface area contributed by atoms with Crippen LogP contribution in [0.25, 0.3) is 0 Å². The van der Waals surface area contributed by atoms with Crippen LogP contribution >= 0.6 is 23.2 Å². The second kappa shape index (κ2) is 7.80. The molecule has 0 saturated carbocycles. The number of carbonyl (C=O) groups excluding carboxylic acids is 3. The lowest BCUT2D eigenvalue weighted by molar-refractivity contribution is -0.135. The minimum absolute atomic E-state index is 0.118. The normalized spacial score (nSPS) is 17.2. The topological polar surface area (TPSA) is 78.5 Å². The molecule has 2 N–H and O–H groups in total. The first-order valence-electron chi connectivity index (χ1n) is 8.23. The molecule has 6 nitrogen and oxygen atoms in total. The molecule has 1 aromatic carbocycles. The van der Waals surface area contributed by atoms with Gasteiger partial charge in [-0.1, -0.05) is 37.0 Å². The van der Waals surface area contributed by atoms with Gasteiger partial charge in [-0.05, 0) is 37.5 Å². The second-order valence-electron chi connectivity index (χ2n) is 6.19. The highest BCUT2D eigenvalue weighted by Gasteiger charge is 2.49. The Morgan fingerprint density at radius 3 is 2.42 bits per heavy atom. The maximum atomic E-state index is 13.6. The fourth-order valence-electron chi connectivity index (χ4n) is 2.93. The van der Waals surface area contributed by atoms with Gasteiger partial charge in [0.05, 0.1) is 11.1 Å². The van der Waals surface area contributed by atoms with Gasteiger partial charge in [0.1, 0.15) is 17.9 Å². The number of hydrogen-bond donors (Lipinski definition) is 2. The van der Waals surface area contributed by atoms with Crippen molar-refractivity contribution in [3.8, 4) is 0 Å². The summed E-state index contributed by atoms with van der Waals surface area (Å²) in [5, 5.41) is 5.35. The van der Waals surface area contributed by atoms with Gasteiger partial charge in [0.2, 0.25) is 5.91 Å². The molecular formula is C17H20Cl2FN3O3. The average molecular weight is 404 g/mol. The van der Waals surface area contributed by atoms with Gasteiger partial charge in [-0.25, -0.2) is 9.18 Å². The van der Waals surface area contributed by atoms with Crippen molar-refractivity contribution in [1.29, 1.82) is 0 Å². The summed E-state index contributed by atoms with van der Waals surface area (Å²) in [7, 11) is 0. The number of amides is 4. The summed E-state index contributed by atoms with van der Waals surface area (Å²) >= 11 is 11.7. The molecule has 1 aliphatic heterocycles. The van der Waals surface area contributed by atoms with Crippen molar-refractivity contribution >= 4 is 41.0 Å². The fourth-order valence-corrected chi connectivity index (χ4v) is 3.47. The Morgan fingerprint density at radius 1 is 1.27 bits per heavy atom. The molecule has 1 aliphatic rings. The highest BCUT2D eigenvalue weighted by molar-refractivity contribution is 6.35. The molecule has 1 atom stereocenters. The number of rotatable bonds is 6. The van der Waals surface area contributed by atoms with Gasteiger partial charge in [-0.2, -0.15) is 0 Å². The monoisotopic (exact) mass is 403 g/mol. The zero-order valence-electron chi connectivity index (χ0n) is 14.7. The molecule has 0 bridgehead atoms. The number of urea groups is 1. The van der Waals surface area contributed by atoms with Crippen LogP contribution in [0.4, 0.5) is 9.18 Å². The summed E-state index contributed by atoms with van der Waals surface area (Å²) < 4.78 is 13.6. The molecule has 4 amide bonds. The van der Waals surface area contributed by atoms with E-state index < -0.39 is 41.8 Å². The second-order valence-corrected chi connectivity index (χ2v) is 7.00. The third-order valence-corrected chi connectivity index (χ3v) is 5.26. The molecule has 2 rings (SSSR count). The summed E-state index contributed by atoms with van der Waals surface area (Å²) in [5.41, 5.74) is -0.624. The van der Waals surface area contributed by atoms with E-state index in [1.165, 1.54) is 6.07 Å². The largest absolute Gasteiger partial charge is 0.348 e. The lowest BCUT2D eigenvalue weighted by Gasteiger charge is -2.23. The molecule has 0 aliphatic carbocycles. The van der Waals surface area contributed by atoms with Crippen molar-refractivity contribution < 1.29 is 18.8 Å². The maximum absolute atomic E-state index is 13.6. The summed E-state index contributed by atoms with van der Waals surface area (Å²) in [6, 6.07) is 1.16. The molecule has 1 aromatic rings. The first-order chi connectivity index (χ1) is 12.1. The SMILES string of the molecule is CCC1(CC)NC(=O)N(CC(=O)NC(C)c2cc(F)c(Cl)cc2Cl)C1=O. The smallest absolute Gasteiger partial charge is 0.325 e. The van der Waals surface area contributed by atoms with Gasteiger partial charge >= 0.3 is 6.03 Å². The van der Waals surface area contributed by atoms with Crippen LogP contribution in [-0.4, -0.2) is 34.8 Å². The van der Waals surface area contributed by atoms with E-state index in [2.05, 4.69) is 10.6 Å². The predicted molar refractivity (Wildman–Crippen MR) is 96.5 cm³/mol. The van der Waals surface area contributed by atoms with Crippen LogP contribution < -0.4 is 10.6 Å². The number of nitrogens with zero attached hydrogens (tertiary/aromatic N) is 1. The van der Waals surface area contributed by atoms with E-state index in [4.69, 9.17) is 23.2 Å². The van der Waals surface area contributed by atoms with Crippen molar-refractivity contribution in [2.24, 2.45) is 0 Å². The standard InChI is InChI=1S/C17H20Cl2FN3O3/c1-4-17(5-2)15(25)23(16(26)22-17)8-14(24)21-9(3)10-6-13(20)12(19)7-11(10)18/h6-7,9H,4-5,8H2,1-3H3,(H,21,24)(H,22,26). The Hall–Kier alpha value is -1.86. The number of hydrogen-bond acceptors (Lipinski definition) is 3. The van der Waals surface area contributed by atoms with Crippen LogP contribution in [0.2, 0.25) is 10.0 Å². The molecule has 1 unspecified atom stereocenters. The number of benzene rings is 1. The first kappa shape index (κ1) is 20.5. The number of carbonyl (C=O) groups is 3. The minimum Gasteiger partial charge on any atom is -0.348 e. The quantitative estimate of drug-likeness (QED) is 0.564. The van der Waals surface area contributed by atoms with Crippen molar-refractivity contribution in [2.75, 3.05) is 6.54 Å². The molecule has 0 aromatic heterocycles. The lowest BCUT2D eigenvalue weighted by Crippen LogP contribution is -2.46. The Kier molecular flexibility index (Phi) is 6.13. The number of nitrogens with one attached hydrogen (secondary N) is 2. The van der Waals surface area contributed by atoms with Crippen LogP contribution in [0, 0.1) is 5.82 Å². The minimum atomic E-state index is -0.967. The van der Waals surface area contributed by atoms with Crippen molar-refractivity contribution in [3.05, 3.63) is 33.6 Å². The number of halogens is 3. The van der Waals surface area contributed by atoms with Crippen molar-refractivity contribution in [3.63, 3.8) is 0 Å². The third kappa shape index (κ3) is 3.78. The maximum Gasteiger partial charge on any atom is 0.325 e. The molecular weight excluding hydrogens is 384 g/mol. The zero-order chi connectivity index (χ0) is 19.6. The lowest BCUT2D eigenvalue weighted by atomic mass is 9.93. The first-order valence-corrected chi connectivity index (χ1v) is 8.98. The van der Waals surface area contributed by atoms with Gasteiger partial charge in [0.15, 0.2) is 0 Å². The summed E-state index contributed by atoms with van der Waals surface area (Å²) in [5.74, 6) is -1.64. The van der Waals surface area contributed by atoms with Crippen LogP contribution in [0.5, 0.6) is 0 Å². The molecule has 26 heavy (non-hydrogen) atoms. The Labute approximate surface area is 161 Å². The van der Waals surface area contributed by atoms with E-state index in [0.717, 1.165) is 11.0 Å². The van der Waals surface area contributed by atoms with Gasteiger partial charge in [0, 0.05) is 5.02 Å². The van der Waals surface area contributed by atoms with E-state index in [-0.39, 0.29) is 10.0 Å². The van der Waals surface area contributed by atoms with Gasteiger partial charge in [0.25, 0.3) is 5.91 Å². The molecule has 0 radical (unpaired) electrons. The molecule has 1 fully saturated rings. The predicted octanol–water partition coefficient (Wildman–Crippen LogP) is 3.42. The molecule has 0 spiro atoms. The molecule has 1 saturated heterocycles. The summed E-state index contributed by atoms with van der Waals surface area (Å²) in [6.45, 7) is 4.78. The zero-order valence-corrected chi connectivity index (χ0v) is 16.2. The summed E-state index contributed by atoms with van der Waals surface area (Å²) in [4.78, 5) is 37.7. The van der Waals surface area contributed by atoms with E-state index in [0.29, 0.717) is 18.4 Å². The van der Waals surface area contributed by atoms with Crippen LogP contribution in [0.15, 0.2) is 12.1 Å². The number of imide groups is 1. The van der Waals surface area contributed by atoms with E-state index >= 15 is 0 Å². The fraction of sp³-hybridized carbons (Fsp3) is 0.471. The molecule has 1 heterocycles. The molecule has 142 valence electrons. The average Bonchev–Trinajstić information content (AvgIpc) is 2.82. The highest BCUT2D eigenvalue weighted by atomic mass is 35.5.